The van der Waals surface area contributed by atoms with Crippen LogP contribution in [0.4, 0.5) is 0 Å². The minimum absolute atomic E-state index is 0.00870. The van der Waals surface area contributed by atoms with Crippen molar-refractivity contribution in [3.63, 3.8) is 0 Å². The maximum Gasteiger partial charge on any atom is 0.354 e. The molecule has 20 heavy (non-hydrogen) atoms. The van der Waals surface area contributed by atoms with Gasteiger partial charge in [-0.25, -0.2) is 9.78 Å². The van der Waals surface area contributed by atoms with E-state index in [1.54, 1.807) is 23.1 Å². The SMILES string of the molecule is CN(C)C(=S)S.O=C(O)c1ccc2cccc(O)c2n1. The van der Waals surface area contributed by atoms with Crippen LogP contribution in [0.3, 0.4) is 0 Å². The fourth-order valence-corrected chi connectivity index (χ4v) is 1.25. The number of aromatic nitrogens is 1. The minimum atomic E-state index is -1.10. The van der Waals surface area contributed by atoms with Gasteiger partial charge < -0.3 is 15.1 Å². The Morgan fingerprint density at radius 2 is 1.90 bits per heavy atom. The van der Waals surface area contributed by atoms with Gasteiger partial charge in [-0.2, -0.15) is 0 Å². The number of carbonyl (C=O) groups is 1. The summed E-state index contributed by atoms with van der Waals surface area (Å²) in [5.41, 5.74) is 0.242. The molecule has 0 amide bonds. The van der Waals surface area contributed by atoms with Gasteiger partial charge in [0.15, 0.2) is 0 Å². The zero-order valence-corrected chi connectivity index (χ0v) is 12.7. The summed E-state index contributed by atoms with van der Waals surface area (Å²) < 4.78 is 0.620. The van der Waals surface area contributed by atoms with Crippen LogP contribution in [-0.2, 0) is 0 Å². The van der Waals surface area contributed by atoms with Gasteiger partial charge >= 0.3 is 5.97 Å². The number of benzene rings is 1. The van der Waals surface area contributed by atoms with Crippen molar-refractivity contribution in [2.24, 2.45) is 0 Å². The van der Waals surface area contributed by atoms with Crippen molar-refractivity contribution < 1.29 is 15.0 Å². The quantitative estimate of drug-likeness (QED) is 0.555. The number of pyridine rings is 1. The molecule has 1 heterocycles. The molecule has 0 aliphatic heterocycles. The molecule has 0 unspecified atom stereocenters. The second kappa shape index (κ2) is 7.06. The molecule has 2 N–H and O–H groups in total. The van der Waals surface area contributed by atoms with E-state index in [0.29, 0.717) is 9.84 Å². The molecular weight excluding hydrogens is 296 g/mol. The summed E-state index contributed by atoms with van der Waals surface area (Å²) in [5, 5.41) is 18.8. The lowest BCUT2D eigenvalue weighted by atomic mass is 10.2. The third-order valence-electron chi connectivity index (χ3n) is 2.30. The number of fused-ring (bicyclic) bond motifs is 1. The summed E-state index contributed by atoms with van der Waals surface area (Å²) in [6, 6.07) is 7.93. The molecule has 7 heteroatoms. The molecule has 0 aliphatic carbocycles. The third-order valence-corrected chi connectivity index (χ3v) is 3.07. The van der Waals surface area contributed by atoms with Crippen molar-refractivity contribution in [1.29, 1.82) is 0 Å². The van der Waals surface area contributed by atoms with Crippen LogP contribution >= 0.6 is 24.8 Å². The van der Waals surface area contributed by atoms with Gasteiger partial charge in [0.2, 0.25) is 0 Å². The highest BCUT2D eigenvalue weighted by atomic mass is 32.1. The first-order valence-corrected chi connectivity index (χ1v) is 6.40. The molecule has 0 bridgehead atoms. The third kappa shape index (κ3) is 4.36. The maximum absolute atomic E-state index is 10.6. The number of nitrogens with zero attached hydrogens (tertiary/aromatic N) is 2. The van der Waals surface area contributed by atoms with Crippen LogP contribution in [0.15, 0.2) is 30.3 Å². The second-order valence-electron chi connectivity index (χ2n) is 4.03. The Balaban J connectivity index is 0.000000286. The predicted molar refractivity (Wildman–Crippen MR) is 85.6 cm³/mol. The molecule has 106 valence electrons. The summed E-state index contributed by atoms with van der Waals surface area (Å²) in [4.78, 5) is 16.2. The van der Waals surface area contributed by atoms with Gasteiger partial charge in [0.1, 0.15) is 21.3 Å². The molecule has 0 saturated carbocycles. The van der Waals surface area contributed by atoms with Crippen LogP contribution in [-0.4, -0.2) is 44.5 Å². The van der Waals surface area contributed by atoms with Gasteiger partial charge in [-0.1, -0.05) is 30.4 Å². The Labute approximate surface area is 127 Å². The van der Waals surface area contributed by atoms with E-state index in [2.05, 4.69) is 29.8 Å². The number of thiocarbonyl (C=S) groups is 1. The number of aromatic carboxylic acids is 1. The minimum Gasteiger partial charge on any atom is -0.506 e. The number of carboxylic acid groups (broad SMARTS) is 1. The number of aromatic hydroxyl groups is 1. The Morgan fingerprint density at radius 1 is 1.30 bits per heavy atom. The Kier molecular flexibility index (Phi) is 5.72. The predicted octanol–water partition coefficient (Wildman–Crippen LogP) is 2.40. The molecular formula is C13H14N2O3S2. The van der Waals surface area contributed by atoms with Crippen LogP contribution in [0, 0.1) is 0 Å². The molecule has 0 saturated heterocycles. The van der Waals surface area contributed by atoms with E-state index in [1.807, 2.05) is 14.1 Å². The lowest BCUT2D eigenvalue weighted by Gasteiger charge is -2.05. The van der Waals surface area contributed by atoms with Crippen LogP contribution < -0.4 is 0 Å². The average molecular weight is 310 g/mol. The smallest absolute Gasteiger partial charge is 0.354 e. The zero-order valence-electron chi connectivity index (χ0n) is 10.9. The van der Waals surface area contributed by atoms with E-state index < -0.39 is 5.97 Å². The van der Waals surface area contributed by atoms with Gasteiger partial charge in [-0.15, -0.1) is 12.6 Å². The number of hydrogen-bond donors (Lipinski definition) is 3. The highest BCUT2D eigenvalue weighted by Gasteiger charge is 2.07. The van der Waals surface area contributed by atoms with E-state index in [0.717, 1.165) is 5.39 Å². The summed E-state index contributed by atoms with van der Waals surface area (Å²) in [5.74, 6) is -1.11. The topological polar surface area (TPSA) is 73.7 Å². The van der Waals surface area contributed by atoms with Gasteiger partial charge in [0, 0.05) is 19.5 Å². The molecule has 2 aromatic rings. The highest BCUT2D eigenvalue weighted by Crippen LogP contribution is 2.22. The van der Waals surface area contributed by atoms with Crippen LogP contribution in [0.5, 0.6) is 5.75 Å². The molecule has 1 aromatic carbocycles. The zero-order chi connectivity index (χ0) is 15.3. The molecule has 0 spiro atoms. The van der Waals surface area contributed by atoms with E-state index in [4.69, 9.17) is 5.11 Å². The highest BCUT2D eigenvalue weighted by molar-refractivity contribution is 8.10. The van der Waals surface area contributed by atoms with Crippen molar-refractivity contribution in [2.75, 3.05) is 14.1 Å². The van der Waals surface area contributed by atoms with Crippen molar-refractivity contribution >= 4 is 46.0 Å². The lowest BCUT2D eigenvalue weighted by molar-refractivity contribution is 0.0691. The van der Waals surface area contributed by atoms with E-state index in [-0.39, 0.29) is 11.4 Å². The second-order valence-corrected chi connectivity index (χ2v) is 5.14. The van der Waals surface area contributed by atoms with Crippen molar-refractivity contribution in [3.05, 3.63) is 36.0 Å². The number of phenols is 1. The molecule has 0 fully saturated rings. The maximum atomic E-state index is 10.6. The van der Waals surface area contributed by atoms with Gasteiger partial charge in [0.25, 0.3) is 0 Å². The van der Waals surface area contributed by atoms with Gasteiger partial charge in [0.05, 0.1) is 0 Å². The molecule has 5 nitrogen and oxygen atoms in total. The summed E-state index contributed by atoms with van der Waals surface area (Å²) >= 11 is 8.46. The number of phenolic OH excluding ortho intramolecular Hbond substituents is 1. The largest absolute Gasteiger partial charge is 0.506 e. The lowest BCUT2D eigenvalue weighted by Crippen LogP contribution is -2.12. The fraction of sp³-hybridized carbons (Fsp3) is 0.154. The first-order valence-electron chi connectivity index (χ1n) is 5.55. The first kappa shape index (κ1) is 16.2. The number of carboxylic acids is 1. The molecule has 2 rings (SSSR count). The Morgan fingerprint density at radius 3 is 2.40 bits per heavy atom. The Bertz CT molecular complexity index is 645. The van der Waals surface area contributed by atoms with Gasteiger partial charge in [-0.05, 0) is 12.1 Å². The number of thiol groups is 1. The Hall–Kier alpha value is -1.86. The van der Waals surface area contributed by atoms with E-state index >= 15 is 0 Å². The van der Waals surface area contributed by atoms with Crippen molar-refractivity contribution in [1.82, 2.24) is 9.88 Å². The van der Waals surface area contributed by atoms with Crippen molar-refractivity contribution in [3.8, 4) is 5.75 Å². The molecule has 0 aliphatic rings. The van der Waals surface area contributed by atoms with Crippen LogP contribution in [0.2, 0.25) is 0 Å². The standard InChI is InChI=1S/C10H7NO3.C3H7NS2/c12-8-3-1-2-6-4-5-7(10(13)14)11-9(6)8;1-4(2)3(5)6/h1-5,12H,(H,13,14);1-2H3,(H,5,6). The average Bonchev–Trinajstić information content (AvgIpc) is 2.39. The summed E-state index contributed by atoms with van der Waals surface area (Å²) in [6.45, 7) is 0. The molecule has 1 aromatic heterocycles. The summed E-state index contributed by atoms with van der Waals surface area (Å²) in [6.07, 6.45) is 0. The molecule has 0 radical (unpaired) electrons. The van der Waals surface area contributed by atoms with Crippen LogP contribution in [0.1, 0.15) is 10.5 Å². The monoisotopic (exact) mass is 310 g/mol. The fourth-order valence-electron chi connectivity index (χ4n) is 1.25. The van der Waals surface area contributed by atoms with E-state index in [1.165, 1.54) is 12.1 Å². The summed E-state index contributed by atoms with van der Waals surface area (Å²) in [7, 11) is 3.71. The number of para-hydroxylation sites is 1. The van der Waals surface area contributed by atoms with Crippen molar-refractivity contribution in [2.45, 2.75) is 0 Å². The first-order chi connectivity index (χ1) is 9.32. The number of hydrogen-bond acceptors (Lipinski definition) is 4. The van der Waals surface area contributed by atoms with Crippen LogP contribution in [0.25, 0.3) is 10.9 Å². The molecule has 0 atom stereocenters. The van der Waals surface area contributed by atoms with E-state index in [9.17, 15) is 9.90 Å². The van der Waals surface area contributed by atoms with Gasteiger partial charge in [-0.3, -0.25) is 0 Å². The number of rotatable bonds is 1. The normalized spacial score (nSPS) is 9.55.